The van der Waals surface area contributed by atoms with Crippen molar-refractivity contribution >= 4 is 17.7 Å². The molecule has 0 saturated carbocycles. The molecule has 2 fully saturated rings. The zero-order valence-electron chi connectivity index (χ0n) is 6.56. The molecule has 2 aliphatic rings. The minimum absolute atomic E-state index is 0.204. The van der Waals surface area contributed by atoms with Gasteiger partial charge in [0, 0.05) is 31.1 Å². The van der Waals surface area contributed by atoms with Crippen LogP contribution in [0.1, 0.15) is 12.8 Å². The fourth-order valence-electron chi connectivity index (χ4n) is 0.926. The third-order valence-electron chi connectivity index (χ3n) is 1.53. The molecule has 0 aromatic heterocycles. The lowest BCUT2D eigenvalue weighted by Gasteiger charge is -1.80. The Kier molecular flexibility index (Phi) is 4.38. The van der Waals surface area contributed by atoms with Crippen LogP contribution in [0.4, 0.5) is 0 Å². The van der Waals surface area contributed by atoms with Gasteiger partial charge in [0.2, 0.25) is 5.91 Å². The zero-order valence-corrected chi connectivity index (χ0v) is 7.38. The summed E-state index contributed by atoms with van der Waals surface area (Å²) in [6.07, 6.45) is 1.76. The Balaban J connectivity index is 0.000000112. The van der Waals surface area contributed by atoms with E-state index in [1.807, 2.05) is 11.8 Å². The molecule has 11 heavy (non-hydrogen) atoms. The zero-order chi connectivity index (χ0) is 7.94. The van der Waals surface area contributed by atoms with E-state index < -0.39 is 0 Å². The van der Waals surface area contributed by atoms with E-state index in [1.54, 1.807) is 0 Å². The number of hydrogen-bond donors (Lipinski definition) is 2. The standard InChI is InChI=1S/C4H7NO.C3H7NS/c6-4-2-1-3-5-4;1-2-5-3-4-1/h1-3H2,(H,5,6);4H,1-3H2. The highest BCUT2D eigenvalue weighted by Crippen LogP contribution is 1.99. The van der Waals surface area contributed by atoms with Crippen LogP contribution in [0.25, 0.3) is 0 Å². The molecule has 2 heterocycles. The van der Waals surface area contributed by atoms with E-state index in [4.69, 9.17) is 0 Å². The molecule has 1 amide bonds. The van der Waals surface area contributed by atoms with Gasteiger partial charge < -0.3 is 10.6 Å². The molecule has 2 rings (SSSR count). The fraction of sp³-hybridized carbons (Fsp3) is 0.857. The molecule has 0 aromatic rings. The fourth-order valence-corrected chi connectivity index (χ4v) is 1.65. The second kappa shape index (κ2) is 5.43. The predicted molar refractivity (Wildman–Crippen MR) is 47.6 cm³/mol. The van der Waals surface area contributed by atoms with Crippen LogP contribution in [-0.4, -0.2) is 30.6 Å². The second-order valence-corrected chi connectivity index (χ2v) is 3.61. The molecule has 0 bridgehead atoms. The smallest absolute Gasteiger partial charge is 0.220 e. The average Bonchev–Trinajstić information content (AvgIpc) is 2.57. The summed E-state index contributed by atoms with van der Waals surface area (Å²) in [5.74, 6) is 2.68. The number of carbonyl (C=O) groups is 1. The average molecular weight is 174 g/mol. The van der Waals surface area contributed by atoms with Gasteiger partial charge in [-0.2, -0.15) is 0 Å². The molecule has 2 N–H and O–H groups in total. The first-order valence-corrected chi connectivity index (χ1v) is 5.10. The van der Waals surface area contributed by atoms with Crippen molar-refractivity contribution in [3.8, 4) is 0 Å². The van der Waals surface area contributed by atoms with Gasteiger partial charge in [-0.15, -0.1) is 11.8 Å². The highest BCUT2D eigenvalue weighted by molar-refractivity contribution is 7.99. The third kappa shape index (κ3) is 4.27. The molecule has 4 heteroatoms. The molecule has 2 aliphatic heterocycles. The van der Waals surface area contributed by atoms with Gasteiger partial charge in [0.05, 0.1) is 0 Å². The number of nitrogens with one attached hydrogen (secondary N) is 2. The monoisotopic (exact) mass is 174 g/mol. The van der Waals surface area contributed by atoms with Crippen molar-refractivity contribution < 1.29 is 4.79 Å². The van der Waals surface area contributed by atoms with Gasteiger partial charge in [0.1, 0.15) is 0 Å². The van der Waals surface area contributed by atoms with E-state index in [0.29, 0.717) is 0 Å². The largest absolute Gasteiger partial charge is 0.356 e. The lowest BCUT2D eigenvalue weighted by molar-refractivity contribution is -0.119. The summed E-state index contributed by atoms with van der Waals surface area (Å²) in [6.45, 7) is 2.10. The highest BCUT2D eigenvalue weighted by Gasteiger charge is 2.05. The van der Waals surface area contributed by atoms with Crippen molar-refractivity contribution in [2.75, 3.05) is 24.7 Å². The van der Waals surface area contributed by atoms with Crippen molar-refractivity contribution in [3.63, 3.8) is 0 Å². The van der Waals surface area contributed by atoms with E-state index in [-0.39, 0.29) is 5.91 Å². The van der Waals surface area contributed by atoms with Gasteiger partial charge >= 0.3 is 0 Å². The van der Waals surface area contributed by atoms with Gasteiger partial charge in [-0.05, 0) is 6.42 Å². The molecule has 0 unspecified atom stereocenters. The van der Waals surface area contributed by atoms with Crippen LogP contribution in [0, 0.1) is 0 Å². The number of amides is 1. The van der Waals surface area contributed by atoms with Crippen LogP contribution in [-0.2, 0) is 4.79 Å². The first-order valence-electron chi connectivity index (χ1n) is 3.95. The van der Waals surface area contributed by atoms with Gasteiger partial charge in [-0.1, -0.05) is 0 Å². The minimum atomic E-state index is 0.204. The Labute approximate surface area is 71.3 Å². The van der Waals surface area contributed by atoms with Crippen LogP contribution < -0.4 is 10.6 Å². The summed E-state index contributed by atoms with van der Waals surface area (Å²) in [6, 6.07) is 0. The molecule has 0 aliphatic carbocycles. The van der Waals surface area contributed by atoms with E-state index in [1.165, 1.54) is 18.2 Å². The Morgan fingerprint density at radius 2 is 2.27 bits per heavy atom. The lowest BCUT2D eigenvalue weighted by atomic mass is 10.4. The van der Waals surface area contributed by atoms with Crippen molar-refractivity contribution in [1.29, 1.82) is 0 Å². The molecule has 2 saturated heterocycles. The van der Waals surface area contributed by atoms with Gasteiger partial charge in [-0.25, -0.2) is 0 Å². The number of hydrogen-bond acceptors (Lipinski definition) is 3. The predicted octanol–water partition coefficient (Wildman–Crippen LogP) is 0.177. The maximum atomic E-state index is 10.1. The number of rotatable bonds is 0. The molecule has 3 nitrogen and oxygen atoms in total. The Morgan fingerprint density at radius 1 is 1.36 bits per heavy atom. The Bertz CT molecular complexity index is 110. The topological polar surface area (TPSA) is 41.1 Å². The summed E-state index contributed by atoms with van der Waals surface area (Å²) in [5, 5.41) is 5.87. The summed E-state index contributed by atoms with van der Waals surface area (Å²) >= 11 is 1.96. The van der Waals surface area contributed by atoms with E-state index in [0.717, 1.165) is 19.4 Å². The lowest BCUT2D eigenvalue weighted by Crippen LogP contribution is -2.12. The van der Waals surface area contributed by atoms with E-state index >= 15 is 0 Å². The van der Waals surface area contributed by atoms with Crippen molar-refractivity contribution in [2.45, 2.75) is 12.8 Å². The van der Waals surface area contributed by atoms with Crippen molar-refractivity contribution in [1.82, 2.24) is 10.6 Å². The van der Waals surface area contributed by atoms with Crippen LogP contribution in [0.15, 0.2) is 0 Å². The third-order valence-corrected chi connectivity index (χ3v) is 2.43. The summed E-state index contributed by atoms with van der Waals surface area (Å²) in [5.41, 5.74) is 0. The normalized spacial score (nSPS) is 22.4. The van der Waals surface area contributed by atoms with Crippen LogP contribution in [0.5, 0.6) is 0 Å². The molecular formula is C7H14N2OS. The van der Waals surface area contributed by atoms with Crippen LogP contribution >= 0.6 is 11.8 Å². The highest BCUT2D eigenvalue weighted by atomic mass is 32.2. The van der Waals surface area contributed by atoms with Crippen LogP contribution in [0.3, 0.4) is 0 Å². The number of thioether (sulfide) groups is 1. The maximum Gasteiger partial charge on any atom is 0.220 e. The first-order chi connectivity index (χ1) is 5.39. The van der Waals surface area contributed by atoms with E-state index in [2.05, 4.69) is 10.6 Å². The molecule has 0 spiro atoms. The molecule has 0 atom stereocenters. The Hall–Kier alpha value is -0.220. The van der Waals surface area contributed by atoms with Gasteiger partial charge in [0.15, 0.2) is 0 Å². The second-order valence-electron chi connectivity index (χ2n) is 2.51. The quantitative estimate of drug-likeness (QED) is 0.550. The molecular weight excluding hydrogens is 160 g/mol. The summed E-state index contributed by atoms with van der Waals surface area (Å²) in [4.78, 5) is 10.1. The SMILES string of the molecule is C1CSCN1.O=C1CCCN1. The number of carbonyl (C=O) groups excluding carboxylic acids is 1. The summed E-state index contributed by atoms with van der Waals surface area (Å²) < 4.78 is 0. The van der Waals surface area contributed by atoms with E-state index in [9.17, 15) is 4.79 Å². The molecule has 0 radical (unpaired) electrons. The maximum absolute atomic E-state index is 10.1. The van der Waals surface area contributed by atoms with Gasteiger partial charge in [-0.3, -0.25) is 4.79 Å². The molecule has 64 valence electrons. The van der Waals surface area contributed by atoms with Crippen molar-refractivity contribution in [2.24, 2.45) is 0 Å². The first kappa shape index (κ1) is 8.87. The summed E-state index contributed by atoms with van der Waals surface area (Å²) in [7, 11) is 0. The van der Waals surface area contributed by atoms with Gasteiger partial charge in [0.25, 0.3) is 0 Å². The van der Waals surface area contributed by atoms with Crippen LogP contribution in [0.2, 0.25) is 0 Å². The van der Waals surface area contributed by atoms with Crippen molar-refractivity contribution in [3.05, 3.63) is 0 Å². The molecule has 0 aromatic carbocycles. The Morgan fingerprint density at radius 3 is 2.45 bits per heavy atom. The minimum Gasteiger partial charge on any atom is -0.356 e.